The minimum absolute atomic E-state index is 0.782. The van der Waals surface area contributed by atoms with Crippen molar-refractivity contribution in [3.05, 3.63) is 47.9 Å². The third-order valence-electron chi connectivity index (χ3n) is 3.81. The SMILES string of the molecule is Cc1ccncc1CNc1ccc(N2CCCC2)nc1. The fourth-order valence-corrected chi connectivity index (χ4v) is 2.50. The molecule has 104 valence electrons. The van der Waals surface area contributed by atoms with E-state index in [-0.39, 0.29) is 0 Å². The van der Waals surface area contributed by atoms with E-state index in [0.29, 0.717) is 0 Å². The van der Waals surface area contributed by atoms with Crippen molar-refractivity contribution >= 4 is 11.5 Å². The molecule has 1 fully saturated rings. The van der Waals surface area contributed by atoms with Gasteiger partial charge in [-0.25, -0.2) is 4.98 Å². The maximum absolute atomic E-state index is 4.54. The second-order valence-corrected chi connectivity index (χ2v) is 5.25. The minimum Gasteiger partial charge on any atom is -0.380 e. The van der Waals surface area contributed by atoms with Crippen molar-refractivity contribution in [3.8, 4) is 0 Å². The van der Waals surface area contributed by atoms with Crippen molar-refractivity contribution in [3.63, 3.8) is 0 Å². The molecule has 20 heavy (non-hydrogen) atoms. The lowest BCUT2D eigenvalue weighted by molar-refractivity contribution is 0.937. The van der Waals surface area contributed by atoms with Crippen LogP contribution in [0.5, 0.6) is 0 Å². The van der Waals surface area contributed by atoms with E-state index in [9.17, 15) is 0 Å². The largest absolute Gasteiger partial charge is 0.380 e. The normalized spacial score (nSPS) is 14.6. The second-order valence-electron chi connectivity index (χ2n) is 5.25. The summed E-state index contributed by atoms with van der Waals surface area (Å²) in [6, 6.07) is 6.24. The van der Waals surface area contributed by atoms with Crippen LogP contribution < -0.4 is 10.2 Å². The summed E-state index contributed by atoms with van der Waals surface area (Å²) in [5, 5.41) is 3.40. The first-order chi connectivity index (χ1) is 9.83. The predicted molar refractivity (Wildman–Crippen MR) is 82.0 cm³/mol. The Kier molecular flexibility index (Phi) is 3.81. The molecule has 0 aliphatic carbocycles. The van der Waals surface area contributed by atoms with Crippen LogP contribution in [-0.2, 0) is 6.54 Å². The summed E-state index contributed by atoms with van der Waals surface area (Å²) < 4.78 is 0. The lowest BCUT2D eigenvalue weighted by Crippen LogP contribution is -2.18. The number of aryl methyl sites for hydroxylation is 1. The molecule has 1 aliphatic heterocycles. The highest BCUT2D eigenvalue weighted by molar-refractivity contribution is 5.49. The van der Waals surface area contributed by atoms with Crippen LogP contribution in [0.2, 0.25) is 0 Å². The van der Waals surface area contributed by atoms with Crippen molar-refractivity contribution in [2.75, 3.05) is 23.3 Å². The number of nitrogens with one attached hydrogen (secondary N) is 1. The molecule has 1 saturated heterocycles. The van der Waals surface area contributed by atoms with Crippen LogP contribution >= 0.6 is 0 Å². The van der Waals surface area contributed by atoms with Gasteiger partial charge in [-0.15, -0.1) is 0 Å². The molecule has 1 aliphatic rings. The van der Waals surface area contributed by atoms with Crippen molar-refractivity contribution in [2.45, 2.75) is 26.3 Å². The molecule has 4 nitrogen and oxygen atoms in total. The number of hydrogen-bond donors (Lipinski definition) is 1. The average molecular weight is 268 g/mol. The van der Waals surface area contributed by atoms with Gasteiger partial charge in [-0.1, -0.05) is 0 Å². The first-order valence-corrected chi connectivity index (χ1v) is 7.17. The number of rotatable bonds is 4. The Morgan fingerprint density at radius 1 is 1.15 bits per heavy atom. The number of nitrogens with zero attached hydrogens (tertiary/aromatic N) is 3. The number of pyridine rings is 2. The fourth-order valence-electron chi connectivity index (χ4n) is 2.50. The minimum atomic E-state index is 0.782. The summed E-state index contributed by atoms with van der Waals surface area (Å²) in [7, 11) is 0. The van der Waals surface area contributed by atoms with Gasteiger partial charge < -0.3 is 10.2 Å². The molecule has 0 aromatic carbocycles. The van der Waals surface area contributed by atoms with Crippen molar-refractivity contribution < 1.29 is 0 Å². The number of hydrogen-bond acceptors (Lipinski definition) is 4. The highest BCUT2D eigenvalue weighted by Gasteiger charge is 2.12. The predicted octanol–water partition coefficient (Wildman–Crippen LogP) is 3.00. The zero-order valence-electron chi connectivity index (χ0n) is 11.8. The number of aromatic nitrogens is 2. The van der Waals surface area contributed by atoms with E-state index >= 15 is 0 Å². The lowest BCUT2D eigenvalue weighted by atomic mass is 10.1. The lowest BCUT2D eigenvalue weighted by Gasteiger charge is -2.16. The molecule has 3 heterocycles. The van der Waals surface area contributed by atoms with Gasteiger partial charge in [0.15, 0.2) is 0 Å². The molecular formula is C16H20N4. The average Bonchev–Trinajstić information content (AvgIpc) is 3.01. The molecule has 0 saturated carbocycles. The Hall–Kier alpha value is -2.10. The Morgan fingerprint density at radius 2 is 2.00 bits per heavy atom. The van der Waals surface area contributed by atoms with E-state index in [1.807, 2.05) is 24.7 Å². The van der Waals surface area contributed by atoms with E-state index in [1.165, 1.54) is 24.0 Å². The topological polar surface area (TPSA) is 41.1 Å². The zero-order valence-corrected chi connectivity index (χ0v) is 11.8. The monoisotopic (exact) mass is 268 g/mol. The smallest absolute Gasteiger partial charge is 0.128 e. The highest BCUT2D eigenvalue weighted by atomic mass is 15.2. The van der Waals surface area contributed by atoms with Gasteiger partial charge in [0.2, 0.25) is 0 Å². The summed E-state index contributed by atoms with van der Waals surface area (Å²) in [6.07, 6.45) is 8.21. The molecule has 0 bridgehead atoms. The molecule has 0 spiro atoms. The molecule has 2 aromatic rings. The van der Waals surface area contributed by atoms with Crippen LogP contribution in [0.4, 0.5) is 11.5 Å². The Morgan fingerprint density at radius 3 is 2.70 bits per heavy atom. The molecule has 4 heteroatoms. The van der Waals surface area contributed by atoms with Crippen molar-refractivity contribution in [1.29, 1.82) is 0 Å². The van der Waals surface area contributed by atoms with E-state index in [4.69, 9.17) is 0 Å². The summed E-state index contributed by atoms with van der Waals surface area (Å²) in [4.78, 5) is 11.0. The van der Waals surface area contributed by atoms with Gasteiger partial charge >= 0.3 is 0 Å². The van der Waals surface area contributed by atoms with Gasteiger partial charge in [0.05, 0.1) is 11.9 Å². The van der Waals surface area contributed by atoms with Crippen LogP contribution in [0, 0.1) is 6.92 Å². The van der Waals surface area contributed by atoms with Gasteiger partial charge in [0.25, 0.3) is 0 Å². The second kappa shape index (κ2) is 5.90. The quantitative estimate of drug-likeness (QED) is 0.925. The van der Waals surface area contributed by atoms with E-state index in [0.717, 1.165) is 31.1 Å². The molecule has 3 rings (SSSR count). The highest BCUT2D eigenvalue weighted by Crippen LogP contribution is 2.19. The van der Waals surface area contributed by atoms with Gasteiger partial charge in [0.1, 0.15) is 5.82 Å². The Labute approximate surface area is 119 Å². The molecule has 1 N–H and O–H groups in total. The molecule has 0 atom stereocenters. The van der Waals surface area contributed by atoms with Gasteiger partial charge in [0, 0.05) is 32.0 Å². The van der Waals surface area contributed by atoms with Gasteiger partial charge in [-0.3, -0.25) is 4.98 Å². The Bertz CT molecular complexity index is 559. The zero-order chi connectivity index (χ0) is 13.8. The Balaban J connectivity index is 1.62. The van der Waals surface area contributed by atoms with Crippen LogP contribution in [0.15, 0.2) is 36.8 Å². The summed E-state index contributed by atoms with van der Waals surface area (Å²) in [5.74, 6) is 1.09. The number of anilines is 2. The van der Waals surface area contributed by atoms with Crippen LogP contribution in [0.1, 0.15) is 24.0 Å². The molecule has 2 aromatic heterocycles. The maximum Gasteiger partial charge on any atom is 0.128 e. The molecule has 0 amide bonds. The summed E-state index contributed by atoms with van der Waals surface area (Å²) in [6.45, 7) is 5.15. The van der Waals surface area contributed by atoms with Crippen LogP contribution in [0.3, 0.4) is 0 Å². The van der Waals surface area contributed by atoms with Gasteiger partial charge in [-0.2, -0.15) is 0 Å². The summed E-state index contributed by atoms with van der Waals surface area (Å²) in [5.41, 5.74) is 3.53. The van der Waals surface area contributed by atoms with Crippen LogP contribution in [-0.4, -0.2) is 23.1 Å². The standard InChI is InChI=1S/C16H20N4/c1-13-6-7-17-10-14(13)11-18-15-4-5-16(19-12-15)20-8-2-3-9-20/h4-7,10,12,18H,2-3,8-9,11H2,1H3. The first-order valence-electron chi connectivity index (χ1n) is 7.17. The van der Waals surface area contributed by atoms with E-state index in [2.05, 4.69) is 39.2 Å². The van der Waals surface area contributed by atoms with E-state index in [1.54, 1.807) is 0 Å². The summed E-state index contributed by atoms with van der Waals surface area (Å²) >= 11 is 0. The third kappa shape index (κ3) is 2.90. The van der Waals surface area contributed by atoms with Crippen LogP contribution in [0.25, 0.3) is 0 Å². The molecule has 0 unspecified atom stereocenters. The van der Waals surface area contributed by atoms with Crippen molar-refractivity contribution in [2.24, 2.45) is 0 Å². The maximum atomic E-state index is 4.54. The molecular weight excluding hydrogens is 248 g/mol. The fraction of sp³-hybridized carbons (Fsp3) is 0.375. The van der Waals surface area contributed by atoms with E-state index < -0.39 is 0 Å². The molecule has 0 radical (unpaired) electrons. The van der Waals surface area contributed by atoms with Gasteiger partial charge in [-0.05, 0) is 49.1 Å². The first kappa shape index (κ1) is 12.9. The third-order valence-corrected chi connectivity index (χ3v) is 3.81. The van der Waals surface area contributed by atoms with Crippen molar-refractivity contribution in [1.82, 2.24) is 9.97 Å².